The van der Waals surface area contributed by atoms with Crippen LogP contribution in [0.3, 0.4) is 0 Å². The number of nitrogens with one attached hydrogen (secondary N) is 1. The highest BCUT2D eigenvalue weighted by Gasteiger charge is 2.32. The number of hydrogen-bond donors (Lipinski definition) is 1. The van der Waals surface area contributed by atoms with Gasteiger partial charge in [-0.05, 0) is 31.5 Å². The quantitative estimate of drug-likeness (QED) is 0.358. The molecule has 0 radical (unpaired) electrons. The number of rotatable bonds is 9. The number of sulfonamides is 1. The number of para-hydroxylation sites is 1. The van der Waals surface area contributed by atoms with Gasteiger partial charge in [0.15, 0.2) is 5.82 Å². The molecule has 0 aliphatic carbocycles. The molecule has 0 spiro atoms. The summed E-state index contributed by atoms with van der Waals surface area (Å²) in [6.07, 6.45) is 6.69. The number of benzene rings is 1. The smallest absolute Gasteiger partial charge is 0.243 e. The summed E-state index contributed by atoms with van der Waals surface area (Å²) >= 11 is 0. The summed E-state index contributed by atoms with van der Waals surface area (Å²) in [6.45, 7) is 5.24. The van der Waals surface area contributed by atoms with Crippen LogP contribution in [0.15, 0.2) is 43.0 Å². The van der Waals surface area contributed by atoms with Gasteiger partial charge in [0.1, 0.15) is 23.0 Å². The molecular formula is C23H28N8O4S. The van der Waals surface area contributed by atoms with E-state index < -0.39 is 21.2 Å². The second kappa shape index (κ2) is 9.93. The second-order valence-corrected chi connectivity index (χ2v) is 10.4. The molecule has 0 amide bonds. The molecule has 4 rings (SSSR count). The van der Waals surface area contributed by atoms with Crippen LogP contribution in [0.1, 0.15) is 31.2 Å². The fourth-order valence-corrected chi connectivity index (χ4v) is 4.91. The minimum absolute atomic E-state index is 0.0273. The normalized spacial score (nSPS) is 13.3. The van der Waals surface area contributed by atoms with Crippen LogP contribution in [0.2, 0.25) is 0 Å². The predicted molar refractivity (Wildman–Crippen MR) is 134 cm³/mol. The van der Waals surface area contributed by atoms with Crippen LogP contribution in [0.25, 0.3) is 17.1 Å². The minimum atomic E-state index is -3.96. The van der Waals surface area contributed by atoms with Crippen LogP contribution in [0.5, 0.6) is 11.5 Å². The predicted octanol–water partition coefficient (Wildman–Crippen LogP) is 2.72. The first kappa shape index (κ1) is 25.1. The van der Waals surface area contributed by atoms with Gasteiger partial charge < -0.3 is 9.47 Å². The molecule has 0 aliphatic heterocycles. The lowest BCUT2D eigenvalue weighted by Crippen LogP contribution is -2.31. The van der Waals surface area contributed by atoms with Gasteiger partial charge in [-0.15, -0.1) is 10.2 Å². The van der Waals surface area contributed by atoms with Crippen LogP contribution in [0.4, 0.5) is 5.95 Å². The first-order valence-corrected chi connectivity index (χ1v) is 12.7. The molecule has 0 saturated heterocycles. The number of aryl methyl sites for hydroxylation is 2. The standard InChI is InChI=1S/C23H28N8O4S/c1-14-10-24-21(25-11-14)15(2)16(3)36(32,33)29-23-28-27-22(17-12-26-30(4)13-17)31(23)20-18(34-5)8-7-9-19(20)35-6/h7-13,15-16H,1-6H3,(H,28,29)/t15-,16-/m0/s1. The molecule has 0 bridgehead atoms. The highest BCUT2D eigenvalue weighted by molar-refractivity contribution is 7.93. The van der Waals surface area contributed by atoms with E-state index in [0.717, 1.165) is 5.56 Å². The topological polar surface area (TPSA) is 139 Å². The molecule has 1 N–H and O–H groups in total. The lowest BCUT2D eigenvalue weighted by atomic mass is 10.1. The average molecular weight is 513 g/mol. The molecule has 4 aromatic rings. The number of anilines is 1. The Hall–Kier alpha value is -4.00. The van der Waals surface area contributed by atoms with Crippen LogP contribution >= 0.6 is 0 Å². The van der Waals surface area contributed by atoms with Gasteiger partial charge in [0.2, 0.25) is 16.0 Å². The summed E-state index contributed by atoms with van der Waals surface area (Å²) in [5.74, 6) is 1.15. The molecule has 0 saturated carbocycles. The number of aromatic nitrogens is 7. The Morgan fingerprint density at radius 1 is 1.00 bits per heavy atom. The van der Waals surface area contributed by atoms with Gasteiger partial charge in [0, 0.05) is 31.6 Å². The number of methoxy groups -OCH3 is 2. The third kappa shape index (κ3) is 4.73. The van der Waals surface area contributed by atoms with E-state index >= 15 is 0 Å². The highest BCUT2D eigenvalue weighted by atomic mass is 32.2. The maximum absolute atomic E-state index is 13.5. The van der Waals surface area contributed by atoms with Crippen molar-refractivity contribution < 1.29 is 17.9 Å². The summed E-state index contributed by atoms with van der Waals surface area (Å²) in [5, 5.41) is 11.8. The van der Waals surface area contributed by atoms with Crippen molar-refractivity contribution in [2.24, 2.45) is 7.05 Å². The molecule has 13 heteroatoms. The Labute approximate surface area is 209 Å². The largest absolute Gasteiger partial charge is 0.494 e. The van der Waals surface area contributed by atoms with Gasteiger partial charge in [-0.25, -0.2) is 18.4 Å². The highest BCUT2D eigenvalue weighted by Crippen LogP contribution is 2.38. The lowest BCUT2D eigenvalue weighted by molar-refractivity contribution is 0.391. The van der Waals surface area contributed by atoms with Crippen molar-refractivity contribution >= 4 is 16.0 Å². The molecule has 1 aromatic carbocycles. The van der Waals surface area contributed by atoms with Crippen LogP contribution in [-0.4, -0.2) is 62.4 Å². The number of ether oxygens (including phenoxy) is 2. The van der Waals surface area contributed by atoms with Crippen molar-refractivity contribution in [3.63, 3.8) is 0 Å². The molecule has 0 fully saturated rings. The Kier molecular flexibility index (Phi) is 6.93. The summed E-state index contributed by atoms with van der Waals surface area (Å²) < 4.78 is 43.9. The minimum Gasteiger partial charge on any atom is -0.494 e. The van der Waals surface area contributed by atoms with E-state index in [-0.39, 0.29) is 5.95 Å². The number of hydrogen-bond acceptors (Lipinski definition) is 9. The Balaban J connectivity index is 1.81. The van der Waals surface area contributed by atoms with E-state index in [1.807, 2.05) is 6.92 Å². The summed E-state index contributed by atoms with van der Waals surface area (Å²) in [5.41, 5.74) is 1.95. The Morgan fingerprint density at radius 3 is 2.19 bits per heavy atom. The Bertz CT molecular complexity index is 1440. The molecular weight excluding hydrogens is 484 g/mol. The van der Waals surface area contributed by atoms with E-state index in [1.54, 1.807) is 73.1 Å². The van der Waals surface area contributed by atoms with E-state index in [1.165, 1.54) is 14.2 Å². The van der Waals surface area contributed by atoms with E-state index in [0.29, 0.717) is 34.4 Å². The zero-order valence-corrected chi connectivity index (χ0v) is 21.7. The van der Waals surface area contributed by atoms with Gasteiger partial charge in [-0.3, -0.25) is 14.0 Å². The average Bonchev–Trinajstić information content (AvgIpc) is 3.48. The van der Waals surface area contributed by atoms with Gasteiger partial charge in [-0.1, -0.05) is 13.0 Å². The van der Waals surface area contributed by atoms with Crippen LogP contribution in [0, 0.1) is 6.92 Å². The lowest BCUT2D eigenvalue weighted by Gasteiger charge is -2.21. The van der Waals surface area contributed by atoms with Crippen molar-refractivity contribution in [2.75, 3.05) is 18.9 Å². The summed E-state index contributed by atoms with van der Waals surface area (Å²) in [4.78, 5) is 8.60. The molecule has 0 unspecified atom stereocenters. The fourth-order valence-electron chi connectivity index (χ4n) is 3.67. The van der Waals surface area contributed by atoms with E-state index in [9.17, 15) is 8.42 Å². The summed E-state index contributed by atoms with van der Waals surface area (Å²) in [7, 11) is 0.842. The summed E-state index contributed by atoms with van der Waals surface area (Å²) in [6, 6.07) is 5.25. The monoisotopic (exact) mass is 512 g/mol. The molecule has 12 nitrogen and oxygen atoms in total. The third-order valence-corrected chi connectivity index (χ3v) is 7.74. The van der Waals surface area contributed by atoms with Gasteiger partial charge >= 0.3 is 0 Å². The van der Waals surface area contributed by atoms with Crippen molar-refractivity contribution in [2.45, 2.75) is 31.9 Å². The van der Waals surface area contributed by atoms with Gasteiger partial charge in [0.25, 0.3) is 0 Å². The van der Waals surface area contributed by atoms with Crippen molar-refractivity contribution in [1.82, 2.24) is 34.5 Å². The fraction of sp³-hybridized carbons (Fsp3) is 0.348. The van der Waals surface area contributed by atoms with E-state index in [4.69, 9.17) is 9.47 Å². The van der Waals surface area contributed by atoms with Gasteiger partial charge in [0.05, 0.1) is 31.2 Å². The maximum Gasteiger partial charge on any atom is 0.243 e. The second-order valence-electron chi connectivity index (χ2n) is 8.36. The zero-order chi connectivity index (χ0) is 26.0. The number of nitrogens with zero attached hydrogens (tertiary/aromatic N) is 7. The van der Waals surface area contributed by atoms with Crippen LogP contribution in [-0.2, 0) is 17.1 Å². The maximum atomic E-state index is 13.5. The first-order chi connectivity index (χ1) is 17.2. The molecule has 0 aliphatic rings. The van der Waals surface area contributed by atoms with Crippen molar-refractivity contribution in [1.29, 1.82) is 0 Å². The Morgan fingerprint density at radius 2 is 1.64 bits per heavy atom. The molecule has 36 heavy (non-hydrogen) atoms. The van der Waals surface area contributed by atoms with Crippen LogP contribution < -0.4 is 14.2 Å². The molecule has 190 valence electrons. The first-order valence-electron chi connectivity index (χ1n) is 11.1. The van der Waals surface area contributed by atoms with Crippen molar-refractivity contribution in [3.05, 3.63) is 54.4 Å². The third-order valence-electron chi connectivity index (χ3n) is 5.89. The van der Waals surface area contributed by atoms with E-state index in [2.05, 4.69) is 30.0 Å². The molecule has 3 aromatic heterocycles. The molecule has 3 heterocycles. The SMILES string of the molecule is COc1cccc(OC)c1-n1c(NS(=O)(=O)[C@@H](C)[C@H](C)c2ncc(C)cn2)nnc1-c1cnn(C)c1. The molecule has 2 atom stereocenters. The van der Waals surface area contributed by atoms with Gasteiger partial charge in [-0.2, -0.15) is 5.10 Å². The zero-order valence-electron chi connectivity index (χ0n) is 20.9. The van der Waals surface area contributed by atoms with Crippen molar-refractivity contribution in [3.8, 4) is 28.6 Å².